The zero-order chi connectivity index (χ0) is 99.1. The van der Waals surface area contributed by atoms with Crippen molar-refractivity contribution in [2.75, 3.05) is 14.7 Å². The largest absolute Gasteiger partial charge is 0.311 e. The normalized spacial score (nSPS) is 11.6. The molecule has 0 saturated heterocycles. The van der Waals surface area contributed by atoms with Crippen LogP contribution in [-0.2, 0) is 0 Å². The molecule has 0 fully saturated rings. The third-order valence-corrected chi connectivity index (χ3v) is 29.5. The topological polar surface area (TPSA) is 89.0 Å². The molecule has 150 heavy (non-hydrogen) atoms. The van der Waals surface area contributed by atoms with Gasteiger partial charge in [0.2, 0.25) is 0 Å². The zero-order valence-electron chi connectivity index (χ0n) is 81.5. The van der Waals surface area contributed by atoms with Crippen LogP contribution in [0.25, 0.3) is 217 Å². The third-order valence-electron chi connectivity index (χ3n) is 29.5. The van der Waals surface area contributed by atoms with Gasteiger partial charge in [0.15, 0.2) is 0 Å². The molecule has 3 aliphatic rings. The lowest BCUT2D eigenvalue weighted by molar-refractivity contribution is 1.10. The van der Waals surface area contributed by atoms with Crippen LogP contribution in [0, 0.1) is 0 Å². The fourth-order valence-corrected chi connectivity index (χ4v) is 22.5. The van der Waals surface area contributed by atoms with Crippen LogP contribution >= 0.6 is 0 Å². The van der Waals surface area contributed by atoms with E-state index in [4.69, 9.17) is 24.9 Å². The van der Waals surface area contributed by atoms with Gasteiger partial charge in [0.25, 0.3) is 0 Å². The lowest BCUT2D eigenvalue weighted by Crippen LogP contribution is -2.10. The first-order chi connectivity index (χ1) is 74.4. The average Bonchev–Trinajstić information content (AvgIpc) is 1.57. The van der Waals surface area contributed by atoms with Gasteiger partial charge in [-0.25, -0.2) is 15.0 Å². The van der Waals surface area contributed by atoms with Gasteiger partial charge in [0.1, 0.15) is 17.5 Å². The molecule has 8 heterocycles. The van der Waals surface area contributed by atoms with Crippen molar-refractivity contribution in [1.82, 2.24) is 38.6 Å². The zero-order valence-corrected chi connectivity index (χ0v) is 81.5. The molecule has 0 bridgehead atoms. The summed E-state index contributed by atoms with van der Waals surface area (Å²) in [5.74, 6) is 2.74. The first-order valence-corrected chi connectivity index (χ1v) is 50.9. The van der Waals surface area contributed by atoms with Crippen molar-refractivity contribution in [2.24, 2.45) is 0 Å². The first kappa shape index (κ1) is 87.5. The third kappa shape index (κ3) is 15.5. The Morgan fingerprint density at radius 1 is 0.147 bits per heavy atom. The summed E-state index contributed by atoms with van der Waals surface area (Å²) in [5.41, 5.74) is 43.2. The lowest BCUT2D eigenvalue weighted by Gasteiger charge is -2.26. The molecule has 0 aliphatic carbocycles. The predicted molar refractivity (Wildman–Crippen MR) is 621 cm³/mol. The van der Waals surface area contributed by atoms with Gasteiger partial charge in [-0.2, -0.15) is 0 Å². The molecule has 11 heteroatoms. The SMILES string of the molecule is c1ccc(N(c2ccc(-c3ccc4ccccc4c3)cc2)c2ccc(-c3nc4cccc5c4n3-c3ccccc3-c3ccccc3-5)cc2)cc1.c1ccc(N(c2ccc(-c3ccc4ccccc4c3)cc2)c2ccc(-c3nc4cccc5c4n3-c3ccccc3-c3ncccc3-5)cc2)cc1.c1ccc(N(c2ccc(-c3ccc4ccccc4c3)cc2)c2cccc(-c3nc4cccc5c4n3-c3ccccc3-c3ncccc3-5)c2)cc1. The van der Waals surface area contributed by atoms with E-state index < -0.39 is 0 Å². The molecule has 0 spiro atoms. The summed E-state index contributed by atoms with van der Waals surface area (Å²) in [6, 6.07) is 192. The average molecular weight is 1920 g/mol. The van der Waals surface area contributed by atoms with Crippen LogP contribution in [-0.4, -0.2) is 38.6 Å². The van der Waals surface area contributed by atoms with Crippen molar-refractivity contribution in [3.63, 3.8) is 0 Å². The van der Waals surface area contributed by atoms with Crippen molar-refractivity contribution in [3.8, 4) is 152 Å². The summed E-state index contributed by atoms with van der Waals surface area (Å²) in [7, 11) is 0. The summed E-state index contributed by atoms with van der Waals surface area (Å²) in [6.45, 7) is 0. The van der Waals surface area contributed by atoms with Gasteiger partial charge in [-0.15, -0.1) is 0 Å². The number of para-hydroxylation sites is 9. The fourth-order valence-electron chi connectivity index (χ4n) is 22.5. The Balaban J connectivity index is 0.000000108. The second-order valence-corrected chi connectivity index (χ2v) is 38.2. The number of benzene rings is 22. The molecule has 3 aliphatic heterocycles. The molecule has 22 aromatic carbocycles. The lowest BCUT2D eigenvalue weighted by atomic mass is 9.94. The van der Waals surface area contributed by atoms with E-state index in [9.17, 15) is 0 Å². The summed E-state index contributed by atoms with van der Waals surface area (Å²) in [6.07, 6.45) is 3.76. The number of nitrogens with zero attached hydrogens (tertiary/aromatic N) is 11. The molecular formula is C139H91N11. The molecule has 0 unspecified atom stereocenters. The van der Waals surface area contributed by atoms with Gasteiger partial charge in [-0.05, 0) is 277 Å². The quantitative estimate of drug-likeness (QED) is 0.100. The maximum atomic E-state index is 5.30. The standard InChI is InChI=1S/C47H31N3.2C46H30N4/c1-2-13-37(14-3-1)49(38-27-23-33(24-28-38)36-22-21-32-11-4-5-12-35(32)31-36)39-29-25-34(26-30-39)47-48-44-19-10-18-43-41-16-7-6-15-40(41)42-17-8-9-20-45(42)50(47)46(43)44;1-2-14-36(15-3-1)49(37-26-24-32(25-27-37)34-23-22-31-11-4-5-12-33(31)29-34)38-16-8-13-35(30-38)46-48-42-20-9-18-40-39-19-10-28-47-44(39)41-17-6-7-21-43(41)50(46)45(40)42;1-2-12-36(13-3-1)49(37-25-21-32(22-26-37)35-20-19-31-10-4-5-11-34(31)30-35)38-27-23-33(24-28-38)46-48-42-17-8-15-40-39-16-9-29-47-44(39)41-14-6-7-18-43(41)50(46)45(40)42/h1-31H;2*1-30H. The second kappa shape index (κ2) is 37.2. The molecule has 27 aromatic rings. The molecule has 0 amide bonds. The van der Waals surface area contributed by atoms with Gasteiger partial charge >= 0.3 is 0 Å². The van der Waals surface area contributed by atoms with Crippen LogP contribution in [0.3, 0.4) is 0 Å². The van der Waals surface area contributed by atoms with Crippen LogP contribution in [0.4, 0.5) is 51.2 Å². The molecule has 11 nitrogen and oxygen atoms in total. The van der Waals surface area contributed by atoms with E-state index in [0.717, 1.165) is 180 Å². The van der Waals surface area contributed by atoms with E-state index in [-0.39, 0.29) is 0 Å². The number of hydrogen-bond donors (Lipinski definition) is 0. The summed E-state index contributed by atoms with van der Waals surface area (Å²) >= 11 is 0. The highest BCUT2D eigenvalue weighted by Gasteiger charge is 2.32. The van der Waals surface area contributed by atoms with Crippen molar-refractivity contribution in [3.05, 3.63) is 552 Å². The molecule has 5 aromatic heterocycles. The number of rotatable bonds is 15. The minimum absolute atomic E-state index is 0.897. The van der Waals surface area contributed by atoms with Crippen LogP contribution in [0.1, 0.15) is 0 Å². The summed E-state index contributed by atoms with van der Waals surface area (Å²) < 4.78 is 7.00. The van der Waals surface area contributed by atoms with E-state index in [1.54, 1.807) is 0 Å². The summed E-state index contributed by atoms with van der Waals surface area (Å²) in [4.78, 5) is 32.5. The highest BCUT2D eigenvalue weighted by Crippen LogP contribution is 2.52. The number of pyridine rings is 2. The Morgan fingerprint density at radius 2 is 0.400 bits per heavy atom. The summed E-state index contributed by atoms with van der Waals surface area (Å²) in [5, 5.41) is 7.49. The number of hydrogen-bond acceptors (Lipinski definition) is 8. The minimum atomic E-state index is 0.897. The smallest absolute Gasteiger partial charge is 0.145 e. The number of fused-ring (bicyclic) bond motifs is 18. The molecule has 0 radical (unpaired) electrons. The van der Waals surface area contributed by atoms with E-state index in [2.05, 4.69) is 556 Å². The molecule has 0 N–H and O–H groups in total. The van der Waals surface area contributed by atoms with Crippen LogP contribution in [0.2, 0.25) is 0 Å². The van der Waals surface area contributed by atoms with Gasteiger partial charge < -0.3 is 14.7 Å². The molecule has 702 valence electrons. The van der Waals surface area contributed by atoms with E-state index >= 15 is 0 Å². The fraction of sp³-hybridized carbons (Fsp3) is 0. The maximum Gasteiger partial charge on any atom is 0.145 e. The number of imidazole rings is 3. The number of anilines is 9. The highest BCUT2D eigenvalue weighted by atomic mass is 15.2. The van der Waals surface area contributed by atoms with Crippen molar-refractivity contribution in [1.29, 1.82) is 0 Å². The molecule has 0 atom stereocenters. The molecular weight excluding hydrogens is 1820 g/mol. The number of aromatic nitrogens is 8. The minimum Gasteiger partial charge on any atom is -0.311 e. The maximum absolute atomic E-state index is 5.30. The van der Waals surface area contributed by atoms with Gasteiger partial charge in [-0.3, -0.25) is 23.7 Å². The first-order valence-electron chi connectivity index (χ1n) is 50.9. The van der Waals surface area contributed by atoms with Crippen molar-refractivity contribution < 1.29 is 0 Å². The van der Waals surface area contributed by atoms with Gasteiger partial charge in [0.05, 0.1) is 61.6 Å². The second-order valence-electron chi connectivity index (χ2n) is 38.2. The monoisotopic (exact) mass is 1910 g/mol. The van der Waals surface area contributed by atoms with Gasteiger partial charge in [0, 0.05) is 125 Å². The van der Waals surface area contributed by atoms with Crippen molar-refractivity contribution in [2.45, 2.75) is 0 Å². The van der Waals surface area contributed by atoms with E-state index in [1.807, 2.05) is 24.5 Å². The molecule has 30 rings (SSSR count). The Morgan fingerprint density at radius 3 is 0.773 bits per heavy atom. The van der Waals surface area contributed by atoms with Crippen LogP contribution in [0.15, 0.2) is 552 Å². The van der Waals surface area contributed by atoms with Crippen molar-refractivity contribution >= 4 is 117 Å². The Bertz CT molecular complexity index is 9510. The van der Waals surface area contributed by atoms with E-state index in [1.165, 1.54) is 88.0 Å². The Kier molecular flexibility index (Phi) is 21.7. The Hall–Kier alpha value is -20.3. The van der Waals surface area contributed by atoms with Crippen LogP contribution < -0.4 is 14.7 Å². The Labute approximate surface area is 867 Å². The predicted octanol–water partition coefficient (Wildman–Crippen LogP) is 36.7. The molecule has 0 saturated carbocycles. The van der Waals surface area contributed by atoms with Crippen LogP contribution in [0.5, 0.6) is 0 Å². The highest BCUT2D eigenvalue weighted by molar-refractivity contribution is 6.08. The van der Waals surface area contributed by atoms with E-state index in [0.29, 0.717) is 0 Å². The van der Waals surface area contributed by atoms with Gasteiger partial charge in [-0.1, -0.05) is 340 Å².